The second kappa shape index (κ2) is 8.24. The SMILES string of the molecule is CC1=C2C(=O)c3cccc(O)c3C(=O)C2CC(C(=O)C2CC3C(=O)c4c(O)cccc4C(=O)C3=C(C)O2)O1. The van der Waals surface area contributed by atoms with Gasteiger partial charge in [-0.1, -0.05) is 24.3 Å². The van der Waals surface area contributed by atoms with Crippen LogP contribution in [0.2, 0.25) is 0 Å². The quantitative estimate of drug-likeness (QED) is 0.615. The van der Waals surface area contributed by atoms with Crippen molar-refractivity contribution < 1.29 is 43.7 Å². The molecule has 9 nitrogen and oxygen atoms in total. The van der Waals surface area contributed by atoms with Gasteiger partial charge in [-0.25, -0.2) is 0 Å². The van der Waals surface area contributed by atoms with Gasteiger partial charge in [0, 0.05) is 35.1 Å². The number of fused-ring (bicyclic) bond motifs is 4. The first kappa shape index (κ1) is 23.8. The number of phenolic OH excluding ortho intramolecular Hbond substituents is 2. The molecule has 0 saturated carbocycles. The molecule has 0 amide bonds. The lowest BCUT2D eigenvalue weighted by Crippen LogP contribution is -2.46. The molecular formula is C29H22O9. The zero-order chi connectivity index (χ0) is 27.0. The molecule has 0 saturated heterocycles. The summed E-state index contributed by atoms with van der Waals surface area (Å²) in [6.07, 6.45) is -2.58. The van der Waals surface area contributed by atoms with Crippen LogP contribution in [-0.4, -0.2) is 51.3 Å². The second-order valence-corrected chi connectivity index (χ2v) is 9.92. The van der Waals surface area contributed by atoms with E-state index in [1.807, 2.05) is 0 Å². The fourth-order valence-electron chi connectivity index (χ4n) is 6.09. The van der Waals surface area contributed by atoms with E-state index in [0.29, 0.717) is 0 Å². The summed E-state index contributed by atoms with van der Waals surface area (Å²) in [7, 11) is 0. The molecule has 4 aliphatic rings. The first-order valence-electron chi connectivity index (χ1n) is 12.2. The smallest absolute Gasteiger partial charge is 0.213 e. The van der Waals surface area contributed by atoms with Crippen LogP contribution >= 0.6 is 0 Å². The average Bonchev–Trinajstić information content (AvgIpc) is 2.89. The van der Waals surface area contributed by atoms with Crippen LogP contribution in [0.25, 0.3) is 0 Å². The van der Waals surface area contributed by atoms with Crippen molar-refractivity contribution >= 4 is 28.9 Å². The minimum atomic E-state index is -1.15. The molecule has 0 fully saturated rings. The fourth-order valence-corrected chi connectivity index (χ4v) is 6.09. The van der Waals surface area contributed by atoms with Crippen molar-refractivity contribution in [2.24, 2.45) is 11.8 Å². The molecular weight excluding hydrogens is 492 g/mol. The number of benzene rings is 2. The third-order valence-electron chi connectivity index (χ3n) is 7.82. The highest BCUT2D eigenvalue weighted by Gasteiger charge is 2.50. The summed E-state index contributed by atoms with van der Waals surface area (Å²) < 4.78 is 11.7. The minimum Gasteiger partial charge on any atom is -0.507 e. The summed E-state index contributed by atoms with van der Waals surface area (Å²) in [5.74, 6) is -4.67. The molecule has 192 valence electrons. The zero-order valence-corrected chi connectivity index (χ0v) is 20.4. The number of carbonyl (C=O) groups excluding carboxylic acids is 5. The maximum Gasteiger partial charge on any atom is 0.213 e. The molecule has 4 unspecified atom stereocenters. The minimum absolute atomic E-state index is 0.0747. The van der Waals surface area contributed by atoms with Gasteiger partial charge in [0.25, 0.3) is 0 Å². The molecule has 2 heterocycles. The molecule has 0 bridgehead atoms. The Morgan fingerprint density at radius 3 is 1.50 bits per heavy atom. The van der Waals surface area contributed by atoms with Crippen LogP contribution in [0.15, 0.2) is 59.1 Å². The maximum atomic E-state index is 13.6. The molecule has 2 aliphatic carbocycles. The number of rotatable bonds is 2. The van der Waals surface area contributed by atoms with Crippen molar-refractivity contribution in [1.29, 1.82) is 0 Å². The van der Waals surface area contributed by atoms with Gasteiger partial charge in [0.05, 0.1) is 23.0 Å². The number of Topliss-reactive ketones (excluding diaryl/α,β-unsaturated/α-hetero) is 5. The van der Waals surface area contributed by atoms with E-state index < -0.39 is 53.0 Å². The molecule has 0 spiro atoms. The van der Waals surface area contributed by atoms with Crippen molar-refractivity contribution in [3.8, 4) is 11.5 Å². The van der Waals surface area contributed by atoms with E-state index in [0.717, 1.165) is 0 Å². The lowest BCUT2D eigenvalue weighted by atomic mass is 9.71. The predicted molar refractivity (Wildman–Crippen MR) is 130 cm³/mol. The van der Waals surface area contributed by atoms with E-state index in [2.05, 4.69) is 0 Å². The van der Waals surface area contributed by atoms with Crippen molar-refractivity contribution in [2.45, 2.75) is 38.9 Å². The molecule has 0 radical (unpaired) electrons. The van der Waals surface area contributed by atoms with Crippen LogP contribution < -0.4 is 0 Å². The van der Waals surface area contributed by atoms with Gasteiger partial charge in [0.15, 0.2) is 35.3 Å². The maximum absolute atomic E-state index is 13.6. The van der Waals surface area contributed by atoms with Gasteiger partial charge in [-0.2, -0.15) is 0 Å². The summed E-state index contributed by atoms with van der Waals surface area (Å²) in [6, 6.07) is 8.54. The standard InChI is InChI=1S/C29H22O9/c1-11-21-15(27(34)23-13(25(21)32)5-3-7-17(23)30)9-19(37-11)29(36)20-10-16-22(12(2)38-20)26(33)14-6-4-8-18(31)24(14)28(16)35/h3-8,15-16,19-20,30-31H,9-10H2,1-2H3. The highest BCUT2D eigenvalue weighted by atomic mass is 16.5. The average molecular weight is 514 g/mol. The first-order valence-corrected chi connectivity index (χ1v) is 12.2. The summed E-state index contributed by atoms with van der Waals surface area (Å²) in [5.41, 5.74) is 0.327. The number of hydrogen-bond donors (Lipinski definition) is 2. The zero-order valence-electron chi connectivity index (χ0n) is 20.4. The van der Waals surface area contributed by atoms with E-state index >= 15 is 0 Å². The first-order chi connectivity index (χ1) is 18.1. The Hall–Kier alpha value is -4.53. The van der Waals surface area contributed by atoms with Crippen LogP contribution in [0.5, 0.6) is 11.5 Å². The molecule has 4 atom stereocenters. The highest BCUT2D eigenvalue weighted by molar-refractivity contribution is 6.26. The molecule has 0 aromatic heterocycles. The Morgan fingerprint density at radius 1 is 0.711 bits per heavy atom. The van der Waals surface area contributed by atoms with Crippen LogP contribution in [0.1, 0.15) is 68.1 Å². The normalized spacial score (nSPS) is 26.2. The topological polar surface area (TPSA) is 144 Å². The molecule has 6 rings (SSSR count). The molecule has 9 heteroatoms. The van der Waals surface area contributed by atoms with Gasteiger partial charge >= 0.3 is 0 Å². The number of ketones is 5. The van der Waals surface area contributed by atoms with E-state index in [1.54, 1.807) is 0 Å². The van der Waals surface area contributed by atoms with Crippen molar-refractivity contribution in [3.63, 3.8) is 0 Å². The molecule has 2 aromatic carbocycles. The lowest BCUT2D eigenvalue weighted by molar-refractivity contribution is -0.140. The summed E-state index contributed by atoms with van der Waals surface area (Å²) in [4.78, 5) is 66.5. The monoisotopic (exact) mass is 514 g/mol. The van der Waals surface area contributed by atoms with E-state index in [-0.39, 0.29) is 69.3 Å². The Bertz CT molecular complexity index is 1460. The van der Waals surface area contributed by atoms with Crippen molar-refractivity contribution in [2.75, 3.05) is 0 Å². The van der Waals surface area contributed by atoms with E-state index in [9.17, 15) is 34.2 Å². The fraction of sp³-hybridized carbons (Fsp3) is 0.276. The number of carbonyl (C=O) groups is 5. The molecule has 2 N–H and O–H groups in total. The number of hydrogen-bond acceptors (Lipinski definition) is 9. The van der Waals surface area contributed by atoms with Crippen LogP contribution in [0, 0.1) is 11.8 Å². The second-order valence-electron chi connectivity index (χ2n) is 9.92. The Balaban J connectivity index is 1.31. The molecule has 2 aliphatic heterocycles. The Labute approximate surface area is 216 Å². The van der Waals surface area contributed by atoms with Gasteiger partial charge in [-0.3, -0.25) is 24.0 Å². The van der Waals surface area contributed by atoms with Gasteiger partial charge in [0.2, 0.25) is 5.78 Å². The van der Waals surface area contributed by atoms with Gasteiger partial charge < -0.3 is 19.7 Å². The molecule has 2 aromatic rings. The molecule has 38 heavy (non-hydrogen) atoms. The van der Waals surface area contributed by atoms with Gasteiger partial charge in [0.1, 0.15) is 23.0 Å². The third-order valence-corrected chi connectivity index (χ3v) is 7.82. The summed E-state index contributed by atoms with van der Waals surface area (Å²) in [6.45, 7) is 3.02. The number of allylic oxidation sites excluding steroid dienone is 4. The van der Waals surface area contributed by atoms with Crippen LogP contribution in [0.3, 0.4) is 0 Å². The largest absolute Gasteiger partial charge is 0.507 e. The van der Waals surface area contributed by atoms with E-state index in [1.165, 1.54) is 50.2 Å². The summed E-state index contributed by atoms with van der Waals surface area (Å²) >= 11 is 0. The van der Waals surface area contributed by atoms with E-state index in [4.69, 9.17) is 9.47 Å². The Kier molecular flexibility index (Phi) is 5.17. The van der Waals surface area contributed by atoms with Crippen molar-refractivity contribution in [1.82, 2.24) is 0 Å². The van der Waals surface area contributed by atoms with Crippen LogP contribution in [-0.2, 0) is 14.3 Å². The van der Waals surface area contributed by atoms with Crippen LogP contribution in [0.4, 0.5) is 0 Å². The number of ether oxygens (including phenoxy) is 2. The lowest BCUT2D eigenvalue weighted by Gasteiger charge is -2.38. The number of phenols is 2. The van der Waals surface area contributed by atoms with Crippen molar-refractivity contribution in [3.05, 3.63) is 81.3 Å². The summed E-state index contributed by atoms with van der Waals surface area (Å²) in [5, 5.41) is 20.5. The Morgan fingerprint density at radius 2 is 1.11 bits per heavy atom. The third kappa shape index (κ3) is 3.21. The predicted octanol–water partition coefficient (Wildman–Crippen LogP) is 3.48. The number of aromatic hydroxyl groups is 2. The highest BCUT2D eigenvalue weighted by Crippen LogP contribution is 2.44. The van der Waals surface area contributed by atoms with Gasteiger partial charge in [-0.15, -0.1) is 0 Å². The van der Waals surface area contributed by atoms with Gasteiger partial charge in [-0.05, 0) is 26.0 Å².